The van der Waals surface area contributed by atoms with Crippen molar-refractivity contribution in [2.24, 2.45) is 5.92 Å². The van der Waals surface area contributed by atoms with E-state index >= 15 is 0 Å². The lowest BCUT2D eigenvalue weighted by molar-refractivity contribution is 0.183. The Morgan fingerprint density at radius 1 is 1.05 bits per heavy atom. The van der Waals surface area contributed by atoms with Gasteiger partial charge in [0.2, 0.25) is 0 Å². The fraction of sp³-hybridized carbons (Fsp3) is 0.368. The molecule has 0 amide bonds. The molecule has 20 heavy (non-hydrogen) atoms. The lowest BCUT2D eigenvalue weighted by atomic mass is 9.92. The molecule has 0 atom stereocenters. The molecule has 0 bridgehead atoms. The third-order valence-corrected chi connectivity index (χ3v) is 4.12. The minimum Gasteiger partial charge on any atom is -0.380 e. The first kappa shape index (κ1) is 13.4. The Hall–Kier alpha value is -1.60. The van der Waals surface area contributed by atoms with Crippen molar-refractivity contribution in [3.63, 3.8) is 0 Å². The van der Waals surface area contributed by atoms with Gasteiger partial charge in [-0.1, -0.05) is 50.2 Å². The van der Waals surface area contributed by atoms with Crippen LogP contribution in [0.2, 0.25) is 0 Å². The van der Waals surface area contributed by atoms with E-state index in [1.165, 1.54) is 33.4 Å². The van der Waals surface area contributed by atoms with Gasteiger partial charge in [0.05, 0.1) is 6.61 Å². The van der Waals surface area contributed by atoms with Gasteiger partial charge in [0, 0.05) is 7.11 Å². The molecule has 1 heteroatoms. The highest BCUT2D eigenvalue weighted by atomic mass is 16.5. The number of hydrogen-bond acceptors (Lipinski definition) is 1. The first-order valence-corrected chi connectivity index (χ1v) is 7.41. The molecule has 3 rings (SSSR count). The van der Waals surface area contributed by atoms with Crippen molar-refractivity contribution in [3.8, 4) is 11.1 Å². The van der Waals surface area contributed by atoms with Gasteiger partial charge in [-0.3, -0.25) is 0 Å². The summed E-state index contributed by atoms with van der Waals surface area (Å²) in [6.07, 6.45) is 2.18. The van der Waals surface area contributed by atoms with Gasteiger partial charge in [-0.25, -0.2) is 0 Å². The predicted octanol–water partition coefficient (Wildman–Crippen LogP) is 4.60. The molecule has 0 aliphatic heterocycles. The molecule has 0 radical (unpaired) electrons. The van der Waals surface area contributed by atoms with E-state index in [0.717, 1.165) is 19.4 Å². The van der Waals surface area contributed by atoms with E-state index in [1.807, 2.05) is 0 Å². The molecule has 0 saturated heterocycles. The van der Waals surface area contributed by atoms with Crippen LogP contribution in [0.1, 0.15) is 36.1 Å². The number of fused-ring (bicyclic) bond motifs is 3. The highest BCUT2D eigenvalue weighted by molar-refractivity contribution is 5.78. The molecule has 1 aliphatic carbocycles. The molecule has 0 fully saturated rings. The molecule has 0 N–H and O–H groups in total. The van der Waals surface area contributed by atoms with Crippen LogP contribution < -0.4 is 0 Å². The molecular weight excluding hydrogens is 244 g/mol. The third kappa shape index (κ3) is 2.27. The van der Waals surface area contributed by atoms with E-state index in [9.17, 15) is 0 Å². The summed E-state index contributed by atoms with van der Waals surface area (Å²) in [6, 6.07) is 13.4. The summed E-state index contributed by atoms with van der Waals surface area (Å²) in [6.45, 7) is 5.27. The molecule has 0 spiro atoms. The fourth-order valence-corrected chi connectivity index (χ4v) is 3.28. The first-order valence-electron chi connectivity index (χ1n) is 7.41. The van der Waals surface area contributed by atoms with Crippen molar-refractivity contribution < 1.29 is 4.74 Å². The molecule has 0 unspecified atom stereocenters. The topological polar surface area (TPSA) is 9.23 Å². The lowest BCUT2D eigenvalue weighted by Crippen LogP contribution is -2.04. The van der Waals surface area contributed by atoms with Crippen molar-refractivity contribution in [2.45, 2.75) is 33.3 Å². The van der Waals surface area contributed by atoms with Crippen molar-refractivity contribution in [1.29, 1.82) is 0 Å². The number of methoxy groups -OCH3 is 1. The summed E-state index contributed by atoms with van der Waals surface area (Å²) in [7, 11) is 1.79. The average Bonchev–Trinajstić information content (AvgIpc) is 2.80. The SMILES string of the molecule is COCc1c(CC(C)C)ccc2c1Cc1ccccc1-2. The van der Waals surface area contributed by atoms with Crippen molar-refractivity contribution in [3.05, 3.63) is 58.7 Å². The number of ether oxygens (including phenoxy) is 1. The van der Waals surface area contributed by atoms with E-state index in [2.05, 4.69) is 50.2 Å². The van der Waals surface area contributed by atoms with Gasteiger partial charge in [0.1, 0.15) is 0 Å². The van der Waals surface area contributed by atoms with Crippen molar-refractivity contribution in [2.75, 3.05) is 7.11 Å². The van der Waals surface area contributed by atoms with Crippen LogP contribution in [0, 0.1) is 5.92 Å². The Bertz CT molecular complexity index is 626. The largest absolute Gasteiger partial charge is 0.380 e. The van der Waals surface area contributed by atoms with Crippen LogP contribution in [0.5, 0.6) is 0 Å². The van der Waals surface area contributed by atoms with Gasteiger partial charge in [-0.2, -0.15) is 0 Å². The first-order chi connectivity index (χ1) is 9.70. The second-order valence-corrected chi connectivity index (χ2v) is 6.09. The van der Waals surface area contributed by atoms with Crippen LogP contribution in [0.25, 0.3) is 11.1 Å². The van der Waals surface area contributed by atoms with Crippen LogP contribution in [-0.2, 0) is 24.2 Å². The zero-order valence-corrected chi connectivity index (χ0v) is 12.6. The summed E-state index contributed by atoms with van der Waals surface area (Å²) in [5.74, 6) is 0.674. The lowest BCUT2D eigenvalue weighted by Gasteiger charge is -2.16. The fourth-order valence-electron chi connectivity index (χ4n) is 3.28. The Morgan fingerprint density at radius 2 is 1.85 bits per heavy atom. The zero-order valence-electron chi connectivity index (χ0n) is 12.6. The second kappa shape index (κ2) is 5.41. The van der Waals surface area contributed by atoms with Crippen molar-refractivity contribution >= 4 is 0 Å². The van der Waals surface area contributed by atoms with Crippen LogP contribution in [0.4, 0.5) is 0 Å². The molecule has 104 valence electrons. The van der Waals surface area contributed by atoms with Crippen LogP contribution in [-0.4, -0.2) is 7.11 Å². The minimum absolute atomic E-state index is 0.674. The van der Waals surface area contributed by atoms with Crippen LogP contribution >= 0.6 is 0 Å². The summed E-state index contributed by atoms with van der Waals surface area (Å²) in [4.78, 5) is 0. The third-order valence-electron chi connectivity index (χ3n) is 4.12. The molecular formula is C19H22O. The monoisotopic (exact) mass is 266 g/mol. The Labute approximate surface area is 121 Å². The van der Waals surface area contributed by atoms with Gasteiger partial charge in [0.25, 0.3) is 0 Å². The maximum atomic E-state index is 5.47. The quantitative estimate of drug-likeness (QED) is 0.670. The predicted molar refractivity (Wildman–Crippen MR) is 83.9 cm³/mol. The summed E-state index contributed by atoms with van der Waals surface area (Å²) >= 11 is 0. The van der Waals surface area contributed by atoms with E-state index < -0.39 is 0 Å². The highest BCUT2D eigenvalue weighted by Crippen LogP contribution is 2.39. The van der Waals surface area contributed by atoms with Gasteiger partial charge in [-0.05, 0) is 52.1 Å². The Kier molecular flexibility index (Phi) is 3.62. The van der Waals surface area contributed by atoms with Crippen LogP contribution in [0.15, 0.2) is 36.4 Å². The molecule has 1 aliphatic rings. The van der Waals surface area contributed by atoms with Gasteiger partial charge < -0.3 is 4.74 Å². The summed E-state index contributed by atoms with van der Waals surface area (Å²) < 4.78 is 5.47. The van der Waals surface area contributed by atoms with Crippen LogP contribution in [0.3, 0.4) is 0 Å². The van der Waals surface area contributed by atoms with Crippen molar-refractivity contribution in [1.82, 2.24) is 0 Å². The molecule has 2 aromatic rings. The van der Waals surface area contributed by atoms with Gasteiger partial charge in [-0.15, -0.1) is 0 Å². The maximum absolute atomic E-state index is 5.47. The van der Waals surface area contributed by atoms with E-state index in [0.29, 0.717) is 5.92 Å². The minimum atomic E-state index is 0.674. The standard InChI is InChI=1S/C19H22O/c1-13(2)10-15-8-9-17-16-7-5-4-6-14(16)11-18(17)19(15)12-20-3/h4-9,13H,10-12H2,1-3H3. The second-order valence-electron chi connectivity index (χ2n) is 6.09. The zero-order chi connectivity index (χ0) is 14.1. The van der Waals surface area contributed by atoms with E-state index in [4.69, 9.17) is 4.74 Å². The highest BCUT2D eigenvalue weighted by Gasteiger charge is 2.22. The maximum Gasteiger partial charge on any atom is 0.0718 e. The van der Waals surface area contributed by atoms with Gasteiger partial charge in [0.15, 0.2) is 0 Å². The molecule has 0 aromatic heterocycles. The summed E-state index contributed by atoms with van der Waals surface area (Å²) in [5.41, 5.74) is 8.59. The normalized spacial score (nSPS) is 12.6. The number of rotatable bonds is 4. The average molecular weight is 266 g/mol. The Balaban J connectivity index is 2.10. The molecule has 0 saturated carbocycles. The number of hydrogen-bond donors (Lipinski definition) is 0. The Morgan fingerprint density at radius 3 is 2.60 bits per heavy atom. The smallest absolute Gasteiger partial charge is 0.0718 e. The van der Waals surface area contributed by atoms with E-state index in [1.54, 1.807) is 7.11 Å². The molecule has 2 aromatic carbocycles. The molecule has 0 heterocycles. The van der Waals surface area contributed by atoms with E-state index in [-0.39, 0.29) is 0 Å². The number of benzene rings is 2. The van der Waals surface area contributed by atoms with Gasteiger partial charge >= 0.3 is 0 Å². The summed E-state index contributed by atoms with van der Waals surface area (Å²) in [5, 5.41) is 0. The molecule has 1 nitrogen and oxygen atoms in total.